The second kappa shape index (κ2) is 24.9. The number of aryl methyl sites for hydroxylation is 4. The number of hydrogen-bond acceptors (Lipinski definition) is 4. The SMILES string of the molecule is C.Cc1cc(-c2nc(C)c(C)c(C)c2C)c(C)c(C)c1C.Cc1cc(B(O)O)c(C)c(C)c1C.Cc1nc(Br)c(C)c(C)c1C.O.O.O.[Cl][Ir]([Cl])[Cl]. The van der Waals surface area contributed by atoms with Gasteiger partial charge in [-0.3, -0.25) is 4.98 Å². The molecule has 8 N–H and O–H groups in total. The molecule has 7 nitrogen and oxygen atoms in total. The Kier molecular flexibility index (Phi) is 27.4. The van der Waals surface area contributed by atoms with Crippen LogP contribution < -0.4 is 5.46 Å². The van der Waals surface area contributed by atoms with Crippen molar-refractivity contribution in [2.24, 2.45) is 0 Å². The molecular weight excluding hydrogens is 966 g/mol. The van der Waals surface area contributed by atoms with E-state index in [2.05, 4.69) is 103 Å². The van der Waals surface area contributed by atoms with Crippen LogP contribution in [0.4, 0.5) is 0 Å². The number of aromatic nitrogens is 2. The first-order valence-corrected chi connectivity index (χ1v) is 25.4. The summed E-state index contributed by atoms with van der Waals surface area (Å²) in [7, 11) is 13.6. The van der Waals surface area contributed by atoms with E-state index >= 15 is 0 Å². The Bertz CT molecular complexity index is 1700. The van der Waals surface area contributed by atoms with Gasteiger partial charge in [0.1, 0.15) is 4.60 Å². The number of hydrogen-bond donors (Lipinski definition) is 2. The average molecular weight is 1030 g/mol. The topological polar surface area (TPSA) is 161 Å². The summed E-state index contributed by atoms with van der Waals surface area (Å²) in [6, 6.07) is 4.13. The van der Waals surface area contributed by atoms with E-state index in [4.69, 9.17) is 43.8 Å². The molecule has 0 aliphatic heterocycles. The fourth-order valence-corrected chi connectivity index (χ4v) is 5.88. The monoisotopic (exact) mass is 1030 g/mol. The van der Waals surface area contributed by atoms with E-state index in [1.165, 1.54) is 66.8 Å². The minimum atomic E-state index is -1.92. The predicted molar refractivity (Wildman–Crippen MR) is 229 cm³/mol. The summed E-state index contributed by atoms with van der Waals surface area (Å²) in [5.74, 6) is 0. The molecule has 4 aromatic rings. The Morgan fingerprint density at radius 3 is 1.27 bits per heavy atom. The summed E-state index contributed by atoms with van der Waals surface area (Å²) in [6.45, 7) is 33.8. The second-order valence-corrected chi connectivity index (χ2v) is 23.7. The van der Waals surface area contributed by atoms with Gasteiger partial charge in [-0.15, -0.1) is 0 Å². The van der Waals surface area contributed by atoms with Crippen molar-refractivity contribution in [1.82, 2.24) is 9.97 Å². The van der Waals surface area contributed by atoms with E-state index in [0.717, 1.165) is 38.4 Å². The first-order chi connectivity index (χ1) is 22.0. The molecule has 0 spiro atoms. The van der Waals surface area contributed by atoms with Crippen molar-refractivity contribution in [3.63, 3.8) is 0 Å². The van der Waals surface area contributed by atoms with Gasteiger partial charge in [0.25, 0.3) is 0 Å². The van der Waals surface area contributed by atoms with Crippen LogP contribution in [0.1, 0.15) is 96.7 Å². The Labute approximate surface area is 340 Å². The van der Waals surface area contributed by atoms with Crippen LogP contribution >= 0.6 is 44.7 Å². The molecule has 0 aliphatic rings. The zero-order chi connectivity index (χ0) is 37.5. The molecule has 0 saturated carbocycles. The first kappa shape index (κ1) is 57.3. The van der Waals surface area contributed by atoms with Gasteiger partial charge in [0.05, 0.1) is 5.69 Å². The molecule has 0 aliphatic carbocycles. The van der Waals surface area contributed by atoms with E-state index in [9.17, 15) is 0 Å². The van der Waals surface area contributed by atoms with Crippen molar-refractivity contribution < 1.29 is 39.9 Å². The third-order valence-corrected chi connectivity index (χ3v) is 10.9. The summed E-state index contributed by atoms with van der Waals surface area (Å²) < 4.78 is 0.970. The van der Waals surface area contributed by atoms with E-state index < -0.39 is 20.6 Å². The van der Waals surface area contributed by atoms with Crippen molar-refractivity contribution in [2.45, 2.75) is 118 Å². The Hall–Kier alpha value is -1.40. The summed E-state index contributed by atoms with van der Waals surface area (Å²) in [4.78, 5) is 9.23. The van der Waals surface area contributed by atoms with Gasteiger partial charge in [-0.2, -0.15) is 0 Å². The average Bonchev–Trinajstić information content (AvgIpc) is 3.01. The quantitative estimate of drug-likeness (QED) is 0.152. The Morgan fingerprint density at radius 2 is 0.846 bits per heavy atom. The van der Waals surface area contributed by atoms with Gasteiger partial charge in [-0.05, 0) is 216 Å². The van der Waals surface area contributed by atoms with Crippen LogP contribution in [0.15, 0.2) is 16.7 Å². The van der Waals surface area contributed by atoms with Crippen LogP contribution in [-0.4, -0.2) is 43.6 Å². The molecule has 0 saturated heterocycles. The van der Waals surface area contributed by atoms with E-state index in [1.54, 1.807) is 0 Å². The van der Waals surface area contributed by atoms with Gasteiger partial charge in [0, 0.05) is 17.0 Å². The zero-order valence-electron chi connectivity index (χ0n) is 32.9. The molecule has 4 rings (SSSR count). The molecule has 2 aromatic carbocycles. The van der Waals surface area contributed by atoms with E-state index in [1.807, 2.05) is 40.7 Å². The Morgan fingerprint density at radius 1 is 0.500 bits per heavy atom. The predicted octanol–water partition coefficient (Wildman–Crippen LogP) is 9.12. The van der Waals surface area contributed by atoms with Gasteiger partial charge in [-0.25, -0.2) is 4.98 Å². The molecule has 2 aromatic heterocycles. The standard InChI is InChI=1S/C19H25N.C10H15BO2.C9H12BrN.CH4.3ClH.Ir.3H2O/c1-10-9-18(15(6)12(3)11(10)2)19-16(7)13(4)14(5)17(8)20-19;1-6-5-10(11(12)13)9(4)8(3)7(6)2;1-5-6(2)8(4)11-9(10)7(5)3;;;;;;;;/h9H,1-8H3;5,12-13H,1-4H3;1-4H3;1H4;3*1H;;3*1H2/q;;;;;;;+3;;;/p-3. The molecule has 0 radical (unpaired) electrons. The number of pyridine rings is 2. The van der Waals surface area contributed by atoms with Gasteiger partial charge < -0.3 is 26.5 Å². The number of nitrogens with zero attached hydrogens (tertiary/aromatic N) is 2. The van der Waals surface area contributed by atoms with E-state index in [0.29, 0.717) is 5.46 Å². The van der Waals surface area contributed by atoms with Crippen LogP contribution in [0.3, 0.4) is 0 Å². The molecule has 0 unspecified atom stereocenters. The van der Waals surface area contributed by atoms with Crippen LogP contribution in [0.25, 0.3) is 11.3 Å². The second-order valence-electron chi connectivity index (χ2n) is 12.6. The van der Waals surface area contributed by atoms with E-state index in [-0.39, 0.29) is 23.9 Å². The summed E-state index contributed by atoms with van der Waals surface area (Å²) >= 11 is 1.50. The summed E-state index contributed by atoms with van der Waals surface area (Å²) in [6.07, 6.45) is 0. The minimum absolute atomic E-state index is 0. The zero-order valence-corrected chi connectivity index (χ0v) is 39.1. The molecule has 0 atom stereocenters. The summed E-state index contributed by atoms with van der Waals surface area (Å²) in [5.41, 5.74) is 23.1. The van der Waals surface area contributed by atoms with Crippen molar-refractivity contribution in [2.75, 3.05) is 0 Å². The molecule has 0 bridgehead atoms. The number of benzene rings is 2. The molecule has 0 amide bonds. The Balaban J connectivity index is -0.000000317. The van der Waals surface area contributed by atoms with Crippen LogP contribution in [-0.2, 0) is 13.5 Å². The van der Waals surface area contributed by atoms with Crippen LogP contribution in [0.2, 0.25) is 0 Å². The molecule has 0 fully saturated rings. The fraction of sp³-hybridized carbons (Fsp3) is 0.436. The van der Waals surface area contributed by atoms with Crippen LogP contribution in [0.5, 0.6) is 0 Å². The third-order valence-electron chi connectivity index (χ3n) is 10.1. The van der Waals surface area contributed by atoms with Gasteiger partial charge >= 0.3 is 49.3 Å². The maximum absolute atomic E-state index is 9.10. The maximum atomic E-state index is 9.10. The van der Waals surface area contributed by atoms with Crippen molar-refractivity contribution in [3.8, 4) is 11.3 Å². The summed E-state index contributed by atoms with van der Waals surface area (Å²) in [5, 5.41) is 18.2. The molecule has 2 heterocycles. The number of rotatable bonds is 2. The van der Waals surface area contributed by atoms with Crippen molar-refractivity contribution in [3.05, 3.63) is 106 Å². The molecule has 13 heteroatoms. The molecule has 298 valence electrons. The first-order valence-electron chi connectivity index (χ1n) is 15.7. The normalized spacial score (nSPS) is 9.85. The van der Waals surface area contributed by atoms with Gasteiger partial charge in [0.15, 0.2) is 0 Å². The third kappa shape index (κ3) is 14.7. The fourth-order valence-electron chi connectivity index (χ4n) is 5.32. The van der Waals surface area contributed by atoms with Gasteiger partial charge in [0.2, 0.25) is 0 Å². The van der Waals surface area contributed by atoms with Crippen LogP contribution in [0, 0.1) is 111 Å². The molecule has 52 heavy (non-hydrogen) atoms. The number of halogens is 4. The molecular formula is C39H62BBrCl3IrN2O5. The van der Waals surface area contributed by atoms with Gasteiger partial charge in [-0.1, -0.05) is 13.5 Å². The van der Waals surface area contributed by atoms with Crippen molar-refractivity contribution in [1.29, 1.82) is 0 Å². The van der Waals surface area contributed by atoms with Crippen molar-refractivity contribution >= 4 is 57.3 Å².